The van der Waals surface area contributed by atoms with Gasteiger partial charge < -0.3 is 10.2 Å². The second-order valence-electron chi connectivity index (χ2n) is 7.87. The Morgan fingerprint density at radius 2 is 2.07 bits per heavy atom. The van der Waals surface area contributed by atoms with Gasteiger partial charge in [-0.15, -0.1) is 0 Å². The first-order valence-electron chi connectivity index (χ1n) is 9.91. The van der Waals surface area contributed by atoms with Crippen LogP contribution in [0.3, 0.4) is 0 Å². The highest BCUT2D eigenvalue weighted by atomic mass is 16.6. The zero-order chi connectivity index (χ0) is 20.1. The van der Waals surface area contributed by atoms with Crippen LogP contribution in [0, 0.1) is 27.4 Å². The lowest BCUT2D eigenvalue weighted by Gasteiger charge is -2.36. The van der Waals surface area contributed by atoms with Gasteiger partial charge in [0.15, 0.2) is 0 Å². The standard InChI is InChI=1S/C20H27N5O3/c1-15-3-2-4-17(11-15)22-20(26)14-23-7-9-24(10-8-23)18-6-5-16(13-21)12-19(18)25(27)28/h5-6,12,15,17H,2-4,7-11,14H2,1H3,(H,22,26). The topological polar surface area (TPSA) is 103 Å². The van der Waals surface area contributed by atoms with Crippen molar-refractivity contribution in [1.29, 1.82) is 5.26 Å². The lowest BCUT2D eigenvalue weighted by molar-refractivity contribution is -0.384. The summed E-state index contributed by atoms with van der Waals surface area (Å²) in [6.07, 6.45) is 4.54. The van der Waals surface area contributed by atoms with E-state index in [0.717, 1.165) is 12.8 Å². The number of piperazine rings is 1. The molecular weight excluding hydrogens is 358 g/mol. The maximum atomic E-state index is 12.4. The molecule has 1 saturated carbocycles. The van der Waals surface area contributed by atoms with Crippen molar-refractivity contribution in [3.05, 3.63) is 33.9 Å². The quantitative estimate of drug-likeness (QED) is 0.616. The van der Waals surface area contributed by atoms with Crippen molar-refractivity contribution >= 4 is 17.3 Å². The molecule has 150 valence electrons. The van der Waals surface area contributed by atoms with Gasteiger partial charge in [0.2, 0.25) is 5.91 Å². The zero-order valence-corrected chi connectivity index (χ0v) is 16.3. The molecule has 0 bridgehead atoms. The Morgan fingerprint density at radius 3 is 2.71 bits per heavy atom. The van der Waals surface area contributed by atoms with Gasteiger partial charge in [0.05, 0.1) is 23.1 Å². The lowest BCUT2D eigenvalue weighted by atomic mass is 9.87. The molecule has 2 atom stereocenters. The molecule has 0 spiro atoms. The van der Waals surface area contributed by atoms with Crippen LogP contribution in [0.4, 0.5) is 11.4 Å². The fraction of sp³-hybridized carbons (Fsp3) is 0.600. The van der Waals surface area contributed by atoms with E-state index in [-0.39, 0.29) is 17.2 Å². The average Bonchev–Trinajstić information content (AvgIpc) is 2.68. The average molecular weight is 385 g/mol. The van der Waals surface area contributed by atoms with Crippen LogP contribution in [0.5, 0.6) is 0 Å². The predicted molar refractivity (Wildman–Crippen MR) is 106 cm³/mol. The summed E-state index contributed by atoms with van der Waals surface area (Å²) in [4.78, 5) is 27.3. The Labute approximate surface area is 165 Å². The summed E-state index contributed by atoms with van der Waals surface area (Å²) in [5, 5.41) is 23.5. The highest BCUT2D eigenvalue weighted by molar-refractivity contribution is 5.78. The summed E-state index contributed by atoms with van der Waals surface area (Å²) in [5.41, 5.74) is 0.767. The third kappa shape index (κ3) is 4.98. The molecule has 8 nitrogen and oxygen atoms in total. The van der Waals surface area contributed by atoms with E-state index in [4.69, 9.17) is 5.26 Å². The van der Waals surface area contributed by atoms with E-state index >= 15 is 0 Å². The maximum Gasteiger partial charge on any atom is 0.293 e. The molecule has 0 aromatic heterocycles. The number of amides is 1. The Kier molecular flexibility index (Phi) is 6.47. The molecule has 3 rings (SSSR count). The number of nitro groups is 1. The molecule has 1 saturated heterocycles. The van der Waals surface area contributed by atoms with Crippen LogP contribution < -0.4 is 10.2 Å². The van der Waals surface area contributed by atoms with E-state index in [1.807, 2.05) is 11.0 Å². The molecule has 1 heterocycles. The Hall–Kier alpha value is -2.66. The number of carbonyl (C=O) groups is 1. The molecule has 2 aliphatic rings. The first kappa shape index (κ1) is 20.1. The van der Waals surface area contributed by atoms with Crippen molar-refractivity contribution in [2.45, 2.75) is 38.6 Å². The van der Waals surface area contributed by atoms with Crippen LogP contribution in [0.1, 0.15) is 38.2 Å². The number of rotatable bonds is 5. The minimum absolute atomic E-state index is 0.0448. The second kappa shape index (κ2) is 9.02. The molecule has 1 N–H and O–H groups in total. The third-order valence-electron chi connectivity index (χ3n) is 5.68. The largest absolute Gasteiger partial charge is 0.363 e. The van der Waals surface area contributed by atoms with Crippen LogP contribution in [0.15, 0.2) is 18.2 Å². The van der Waals surface area contributed by atoms with Crippen molar-refractivity contribution in [2.24, 2.45) is 5.92 Å². The van der Waals surface area contributed by atoms with Gasteiger partial charge in [0.25, 0.3) is 5.69 Å². The van der Waals surface area contributed by atoms with Crippen molar-refractivity contribution in [2.75, 3.05) is 37.6 Å². The van der Waals surface area contributed by atoms with E-state index in [0.29, 0.717) is 50.4 Å². The molecule has 1 aromatic rings. The van der Waals surface area contributed by atoms with Crippen molar-refractivity contribution < 1.29 is 9.72 Å². The van der Waals surface area contributed by atoms with Gasteiger partial charge in [-0.3, -0.25) is 19.8 Å². The number of carbonyl (C=O) groups excluding carboxylic acids is 1. The molecule has 2 fully saturated rings. The van der Waals surface area contributed by atoms with Crippen LogP contribution in [-0.4, -0.2) is 54.5 Å². The van der Waals surface area contributed by atoms with Gasteiger partial charge in [-0.2, -0.15) is 5.26 Å². The smallest absolute Gasteiger partial charge is 0.293 e. The van der Waals surface area contributed by atoms with E-state index in [2.05, 4.69) is 17.1 Å². The van der Waals surface area contributed by atoms with Gasteiger partial charge in [0.1, 0.15) is 5.69 Å². The SMILES string of the molecule is CC1CCCC(NC(=O)CN2CCN(c3ccc(C#N)cc3[N+](=O)[O-])CC2)C1. The Balaban J connectivity index is 1.53. The fourth-order valence-electron chi connectivity index (χ4n) is 4.20. The highest BCUT2D eigenvalue weighted by Gasteiger charge is 2.26. The monoisotopic (exact) mass is 385 g/mol. The minimum atomic E-state index is -0.443. The molecule has 28 heavy (non-hydrogen) atoms. The summed E-state index contributed by atoms with van der Waals surface area (Å²) in [6, 6.07) is 6.80. The summed E-state index contributed by atoms with van der Waals surface area (Å²) in [6.45, 7) is 5.17. The first-order valence-corrected chi connectivity index (χ1v) is 9.91. The predicted octanol–water partition coefficient (Wildman–Crippen LogP) is 2.28. The maximum absolute atomic E-state index is 12.4. The van der Waals surface area contributed by atoms with E-state index in [1.165, 1.54) is 18.9 Å². The minimum Gasteiger partial charge on any atom is -0.363 e. The van der Waals surface area contributed by atoms with Crippen LogP contribution in [-0.2, 0) is 4.79 Å². The van der Waals surface area contributed by atoms with Crippen molar-refractivity contribution in [1.82, 2.24) is 10.2 Å². The number of nitriles is 1. The Morgan fingerprint density at radius 1 is 1.32 bits per heavy atom. The van der Waals surface area contributed by atoms with Crippen LogP contribution in [0.2, 0.25) is 0 Å². The second-order valence-corrected chi connectivity index (χ2v) is 7.87. The van der Waals surface area contributed by atoms with Crippen molar-refractivity contribution in [3.63, 3.8) is 0 Å². The number of nitro benzene ring substituents is 1. The molecule has 1 aromatic carbocycles. The number of nitrogens with one attached hydrogen (secondary N) is 1. The van der Waals surface area contributed by atoms with Crippen LogP contribution in [0.25, 0.3) is 0 Å². The summed E-state index contributed by atoms with van der Waals surface area (Å²) in [5.74, 6) is 0.739. The summed E-state index contributed by atoms with van der Waals surface area (Å²) < 4.78 is 0. The fourth-order valence-corrected chi connectivity index (χ4v) is 4.20. The third-order valence-corrected chi connectivity index (χ3v) is 5.68. The molecule has 0 radical (unpaired) electrons. The summed E-state index contributed by atoms with van der Waals surface area (Å²) in [7, 11) is 0. The summed E-state index contributed by atoms with van der Waals surface area (Å²) >= 11 is 0. The van der Waals surface area contributed by atoms with E-state index in [9.17, 15) is 14.9 Å². The van der Waals surface area contributed by atoms with Gasteiger partial charge >= 0.3 is 0 Å². The molecule has 1 aliphatic carbocycles. The molecular formula is C20H27N5O3. The van der Waals surface area contributed by atoms with Crippen molar-refractivity contribution in [3.8, 4) is 6.07 Å². The van der Waals surface area contributed by atoms with E-state index in [1.54, 1.807) is 12.1 Å². The number of nitrogens with zero attached hydrogens (tertiary/aromatic N) is 4. The van der Waals surface area contributed by atoms with Gasteiger partial charge in [-0.25, -0.2) is 0 Å². The number of anilines is 1. The zero-order valence-electron chi connectivity index (χ0n) is 16.3. The van der Waals surface area contributed by atoms with Gasteiger partial charge in [0, 0.05) is 38.3 Å². The first-order chi connectivity index (χ1) is 13.5. The number of benzene rings is 1. The number of hydrogen-bond acceptors (Lipinski definition) is 6. The Bertz CT molecular complexity index is 768. The lowest BCUT2D eigenvalue weighted by Crippen LogP contribution is -2.51. The van der Waals surface area contributed by atoms with Crippen LogP contribution >= 0.6 is 0 Å². The molecule has 8 heteroatoms. The van der Waals surface area contributed by atoms with Gasteiger partial charge in [-0.05, 0) is 30.9 Å². The normalized spacial score (nSPS) is 23.1. The molecule has 1 amide bonds. The molecule has 1 aliphatic heterocycles. The highest BCUT2D eigenvalue weighted by Crippen LogP contribution is 2.30. The number of hydrogen-bond donors (Lipinski definition) is 1. The molecule has 2 unspecified atom stereocenters. The van der Waals surface area contributed by atoms with E-state index < -0.39 is 4.92 Å². The van der Waals surface area contributed by atoms with Gasteiger partial charge in [-0.1, -0.05) is 19.8 Å².